The number of benzene rings is 1. The van der Waals surface area contributed by atoms with Crippen molar-refractivity contribution < 1.29 is 0 Å². The van der Waals surface area contributed by atoms with E-state index in [1.165, 1.54) is 0 Å². The fourth-order valence-corrected chi connectivity index (χ4v) is 3.19. The van der Waals surface area contributed by atoms with E-state index in [0.29, 0.717) is 6.54 Å². The molecule has 2 aromatic heterocycles. The highest BCUT2D eigenvalue weighted by molar-refractivity contribution is 5.76. The van der Waals surface area contributed by atoms with Crippen molar-refractivity contribution in [2.75, 3.05) is 43.4 Å². The molecule has 26 heavy (non-hydrogen) atoms. The van der Waals surface area contributed by atoms with Crippen LogP contribution in [0, 0.1) is 6.92 Å². The molecule has 0 saturated carbocycles. The third kappa shape index (κ3) is 3.60. The van der Waals surface area contributed by atoms with Crippen LogP contribution in [0.5, 0.6) is 0 Å². The number of nitrogens with one attached hydrogen (secondary N) is 1. The smallest absolute Gasteiger partial charge is 0.148 e. The summed E-state index contributed by atoms with van der Waals surface area (Å²) in [7, 11) is 2.16. The maximum absolute atomic E-state index is 4.68. The van der Waals surface area contributed by atoms with Crippen LogP contribution in [-0.2, 0) is 6.54 Å². The van der Waals surface area contributed by atoms with Crippen LogP contribution in [0.2, 0.25) is 0 Å². The Hall–Kier alpha value is -2.73. The van der Waals surface area contributed by atoms with Crippen molar-refractivity contribution in [3.05, 3.63) is 53.9 Å². The number of hydrogen-bond acceptors (Lipinski definition) is 6. The summed E-state index contributed by atoms with van der Waals surface area (Å²) in [5.74, 6) is 1.88. The minimum atomic E-state index is 0.684. The number of likely N-dealkylation sites (N-methyl/N-ethyl adjacent to an activating group) is 1. The highest BCUT2D eigenvalue weighted by atomic mass is 15.3. The van der Waals surface area contributed by atoms with Gasteiger partial charge in [-0.1, -0.05) is 18.2 Å². The second-order valence-electron chi connectivity index (χ2n) is 6.81. The zero-order chi connectivity index (χ0) is 17.9. The fourth-order valence-electron chi connectivity index (χ4n) is 3.19. The van der Waals surface area contributed by atoms with Crippen LogP contribution in [0.4, 0.5) is 11.6 Å². The largest absolute Gasteiger partial charge is 0.364 e. The van der Waals surface area contributed by atoms with Crippen LogP contribution in [0.15, 0.2) is 42.6 Å². The van der Waals surface area contributed by atoms with Gasteiger partial charge in [-0.15, -0.1) is 0 Å². The van der Waals surface area contributed by atoms with Gasteiger partial charge in [0, 0.05) is 38.9 Å². The minimum absolute atomic E-state index is 0.684. The molecule has 134 valence electrons. The normalized spacial score (nSPS) is 15.4. The van der Waals surface area contributed by atoms with E-state index in [-0.39, 0.29) is 0 Å². The number of nitrogens with zero attached hydrogens (tertiary/aromatic N) is 5. The number of para-hydroxylation sites is 2. The van der Waals surface area contributed by atoms with Gasteiger partial charge in [-0.3, -0.25) is 0 Å². The molecule has 1 N–H and O–H groups in total. The highest BCUT2D eigenvalue weighted by Gasteiger charge is 2.15. The minimum Gasteiger partial charge on any atom is -0.364 e. The van der Waals surface area contributed by atoms with Gasteiger partial charge in [0.25, 0.3) is 0 Å². The molecule has 0 aliphatic carbocycles. The Labute approximate surface area is 153 Å². The summed E-state index contributed by atoms with van der Waals surface area (Å²) in [5.41, 5.74) is 3.88. The third-order valence-corrected chi connectivity index (χ3v) is 4.84. The molecule has 3 aromatic rings. The summed E-state index contributed by atoms with van der Waals surface area (Å²) in [6, 6.07) is 12.2. The van der Waals surface area contributed by atoms with Crippen molar-refractivity contribution in [1.29, 1.82) is 0 Å². The number of piperazine rings is 1. The number of pyridine rings is 1. The summed E-state index contributed by atoms with van der Waals surface area (Å²) in [6.45, 7) is 6.91. The van der Waals surface area contributed by atoms with Crippen LogP contribution in [-0.4, -0.2) is 53.1 Å². The van der Waals surface area contributed by atoms with E-state index >= 15 is 0 Å². The Morgan fingerprint density at radius 1 is 0.962 bits per heavy atom. The molecule has 0 amide bonds. The lowest BCUT2D eigenvalue weighted by Gasteiger charge is -2.33. The molecule has 0 atom stereocenters. The molecule has 1 aliphatic heterocycles. The highest BCUT2D eigenvalue weighted by Crippen LogP contribution is 2.18. The molecule has 6 nitrogen and oxygen atoms in total. The third-order valence-electron chi connectivity index (χ3n) is 4.84. The molecule has 1 aliphatic rings. The van der Waals surface area contributed by atoms with E-state index in [1.807, 2.05) is 37.4 Å². The van der Waals surface area contributed by atoms with Gasteiger partial charge in [0.15, 0.2) is 0 Å². The van der Waals surface area contributed by atoms with Crippen molar-refractivity contribution in [3.8, 4) is 0 Å². The molecule has 0 unspecified atom stereocenters. The molecular formula is C20H24N6. The predicted molar refractivity (Wildman–Crippen MR) is 106 cm³/mol. The fraction of sp³-hybridized carbons (Fsp3) is 0.350. The monoisotopic (exact) mass is 348 g/mol. The second kappa shape index (κ2) is 7.25. The van der Waals surface area contributed by atoms with Crippen molar-refractivity contribution in [2.45, 2.75) is 13.5 Å². The average Bonchev–Trinajstić information content (AvgIpc) is 2.67. The number of fused-ring (bicyclic) bond motifs is 1. The average molecular weight is 348 g/mol. The molecular weight excluding hydrogens is 324 g/mol. The van der Waals surface area contributed by atoms with Crippen molar-refractivity contribution in [3.63, 3.8) is 0 Å². The van der Waals surface area contributed by atoms with E-state index in [1.54, 1.807) is 0 Å². The van der Waals surface area contributed by atoms with E-state index in [4.69, 9.17) is 0 Å². The molecule has 1 saturated heterocycles. The van der Waals surface area contributed by atoms with E-state index in [0.717, 1.165) is 60.1 Å². The SMILES string of the molecule is Cc1nc2ccccc2nc1NCc1ccc(N2CCN(C)CC2)nc1. The van der Waals surface area contributed by atoms with Gasteiger partial charge in [0.05, 0.1) is 16.7 Å². The summed E-state index contributed by atoms with van der Waals surface area (Å²) < 4.78 is 0. The zero-order valence-corrected chi connectivity index (χ0v) is 15.3. The van der Waals surface area contributed by atoms with Gasteiger partial charge in [-0.25, -0.2) is 15.0 Å². The first-order chi connectivity index (χ1) is 12.7. The van der Waals surface area contributed by atoms with Gasteiger partial charge in [0.2, 0.25) is 0 Å². The Morgan fingerprint density at radius 2 is 1.69 bits per heavy atom. The van der Waals surface area contributed by atoms with Gasteiger partial charge in [-0.05, 0) is 37.7 Å². The maximum Gasteiger partial charge on any atom is 0.148 e. The Morgan fingerprint density at radius 3 is 2.38 bits per heavy atom. The van der Waals surface area contributed by atoms with E-state index in [9.17, 15) is 0 Å². The molecule has 0 spiro atoms. The van der Waals surface area contributed by atoms with Crippen LogP contribution in [0.1, 0.15) is 11.3 Å². The summed E-state index contributed by atoms with van der Waals surface area (Å²) in [4.78, 5) is 18.6. The number of aryl methyl sites for hydroxylation is 1. The van der Waals surface area contributed by atoms with Gasteiger partial charge >= 0.3 is 0 Å². The molecule has 3 heterocycles. The maximum atomic E-state index is 4.68. The van der Waals surface area contributed by atoms with Crippen LogP contribution >= 0.6 is 0 Å². The lowest BCUT2D eigenvalue weighted by Crippen LogP contribution is -2.44. The van der Waals surface area contributed by atoms with Crippen molar-refractivity contribution in [1.82, 2.24) is 19.9 Å². The molecule has 0 bridgehead atoms. The first kappa shape index (κ1) is 16.7. The number of hydrogen-bond donors (Lipinski definition) is 1. The van der Waals surface area contributed by atoms with Crippen LogP contribution in [0.3, 0.4) is 0 Å². The van der Waals surface area contributed by atoms with E-state index in [2.05, 4.69) is 49.2 Å². The first-order valence-electron chi connectivity index (χ1n) is 9.05. The molecule has 4 rings (SSSR count). The molecule has 1 aromatic carbocycles. The molecule has 0 radical (unpaired) electrons. The number of aromatic nitrogens is 3. The van der Waals surface area contributed by atoms with Gasteiger partial charge in [0.1, 0.15) is 11.6 Å². The quantitative estimate of drug-likeness (QED) is 0.782. The number of rotatable bonds is 4. The second-order valence-corrected chi connectivity index (χ2v) is 6.81. The van der Waals surface area contributed by atoms with Gasteiger partial charge < -0.3 is 15.1 Å². The molecule has 6 heteroatoms. The zero-order valence-electron chi connectivity index (χ0n) is 15.3. The Bertz CT molecular complexity index is 884. The lowest BCUT2D eigenvalue weighted by atomic mass is 10.2. The molecule has 1 fully saturated rings. The topological polar surface area (TPSA) is 57.2 Å². The Balaban J connectivity index is 1.42. The van der Waals surface area contributed by atoms with E-state index < -0.39 is 0 Å². The Kier molecular flexibility index (Phi) is 4.67. The lowest BCUT2D eigenvalue weighted by molar-refractivity contribution is 0.312. The van der Waals surface area contributed by atoms with Crippen LogP contribution < -0.4 is 10.2 Å². The van der Waals surface area contributed by atoms with Crippen molar-refractivity contribution >= 4 is 22.7 Å². The van der Waals surface area contributed by atoms with Crippen molar-refractivity contribution in [2.24, 2.45) is 0 Å². The summed E-state index contributed by atoms with van der Waals surface area (Å²) in [5, 5.41) is 3.39. The first-order valence-corrected chi connectivity index (χ1v) is 9.05. The standard InChI is InChI=1S/C20H24N6/c1-15-20(24-18-6-4-3-5-17(18)23-15)22-14-16-7-8-19(21-13-16)26-11-9-25(2)10-12-26/h3-8,13H,9-12,14H2,1-2H3,(H,22,24). The summed E-state index contributed by atoms with van der Waals surface area (Å²) in [6.07, 6.45) is 1.95. The van der Waals surface area contributed by atoms with Gasteiger partial charge in [-0.2, -0.15) is 0 Å². The number of anilines is 2. The van der Waals surface area contributed by atoms with Crippen LogP contribution in [0.25, 0.3) is 11.0 Å². The predicted octanol–water partition coefficient (Wildman–Crippen LogP) is 2.70. The summed E-state index contributed by atoms with van der Waals surface area (Å²) >= 11 is 0.